The summed E-state index contributed by atoms with van der Waals surface area (Å²) >= 11 is 6.90. The number of nitrogens with one attached hydrogen (secondary N) is 1. The van der Waals surface area contributed by atoms with Crippen molar-refractivity contribution in [1.82, 2.24) is 9.47 Å². The Kier molecular flexibility index (Phi) is 6.25. The number of nitrogens with zero attached hydrogens (tertiary/aromatic N) is 2. The number of methoxy groups -OCH3 is 1. The number of carbonyl (C=O) groups is 3. The van der Waals surface area contributed by atoms with Crippen LogP contribution in [0.2, 0.25) is 5.02 Å². The maximum atomic E-state index is 12.8. The molecule has 1 aliphatic rings. The molecule has 2 aromatic carbocycles. The van der Waals surface area contributed by atoms with E-state index in [4.69, 9.17) is 16.3 Å². The van der Waals surface area contributed by atoms with Crippen LogP contribution in [0.15, 0.2) is 53.6 Å². The second-order valence-corrected chi connectivity index (χ2v) is 8.45. The third kappa shape index (κ3) is 4.24. The summed E-state index contributed by atoms with van der Waals surface area (Å²) in [7, 11) is 1.49. The fourth-order valence-electron chi connectivity index (χ4n) is 3.52. The average molecular weight is 470 g/mol. The molecule has 32 heavy (non-hydrogen) atoms. The van der Waals surface area contributed by atoms with Gasteiger partial charge < -0.3 is 14.6 Å². The number of para-hydroxylation sites is 1. The molecule has 0 aliphatic carbocycles. The van der Waals surface area contributed by atoms with Gasteiger partial charge in [0.25, 0.3) is 11.1 Å². The molecule has 1 N–H and O–H groups in total. The van der Waals surface area contributed by atoms with E-state index in [2.05, 4.69) is 9.88 Å². The SMILES string of the molecule is CCn1cc(C=C2SC(=O)N(CC(=O)Nc3ccc(OC)c(Cl)c3)C2=O)c2ccccc21. The van der Waals surface area contributed by atoms with Gasteiger partial charge in [0.05, 0.1) is 17.0 Å². The minimum atomic E-state index is -0.502. The van der Waals surface area contributed by atoms with Crippen LogP contribution in [0.25, 0.3) is 17.0 Å². The van der Waals surface area contributed by atoms with Crippen LogP contribution in [0.4, 0.5) is 10.5 Å². The highest BCUT2D eigenvalue weighted by Crippen LogP contribution is 2.34. The summed E-state index contributed by atoms with van der Waals surface area (Å²) < 4.78 is 7.17. The average Bonchev–Trinajstić information content (AvgIpc) is 3.26. The van der Waals surface area contributed by atoms with Gasteiger partial charge in [-0.3, -0.25) is 19.3 Å². The quantitative estimate of drug-likeness (QED) is 0.514. The van der Waals surface area contributed by atoms with Gasteiger partial charge in [-0.15, -0.1) is 0 Å². The molecule has 1 aliphatic heterocycles. The topological polar surface area (TPSA) is 80.6 Å². The van der Waals surface area contributed by atoms with Gasteiger partial charge in [-0.1, -0.05) is 29.8 Å². The maximum Gasteiger partial charge on any atom is 0.294 e. The fourth-order valence-corrected chi connectivity index (χ4v) is 4.60. The summed E-state index contributed by atoms with van der Waals surface area (Å²) in [4.78, 5) is 39.0. The highest BCUT2D eigenvalue weighted by molar-refractivity contribution is 8.18. The standard InChI is InChI=1S/C23H20ClN3O4S/c1-3-26-12-14(16-6-4-5-7-18(16)26)10-20-22(29)27(23(30)32-20)13-21(28)25-15-8-9-19(31-2)17(24)11-15/h4-12H,3,13H2,1-2H3,(H,25,28). The van der Waals surface area contributed by atoms with Crippen molar-refractivity contribution in [1.29, 1.82) is 0 Å². The predicted molar refractivity (Wildman–Crippen MR) is 127 cm³/mol. The van der Waals surface area contributed by atoms with Gasteiger partial charge in [-0.25, -0.2) is 0 Å². The Balaban J connectivity index is 1.51. The molecule has 1 aromatic heterocycles. The summed E-state index contributed by atoms with van der Waals surface area (Å²) in [5.41, 5.74) is 2.35. The van der Waals surface area contributed by atoms with Crippen LogP contribution < -0.4 is 10.1 Å². The van der Waals surface area contributed by atoms with E-state index in [0.717, 1.165) is 39.7 Å². The third-order valence-electron chi connectivity index (χ3n) is 5.06. The first kappa shape index (κ1) is 22.0. The smallest absolute Gasteiger partial charge is 0.294 e. The lowest BCUT2D eigenvalue weighted by Crippen LogP contribution is -2.36. The van der Waals surface area contributed by atoms with Gasteiger partial charge in [0.2, 0.25) is 5.91 Å². The van der Waals surface area contributed by atoms with E-state index >= 15 is 0 Å². The molecule has 164 valence electrons. The molecule has 1 saturated heterocycles. The summed E-state index contributed by atoms with van der Waals surface area (Å²) in [5, 5.41) is 3.50. The number of hydrogen-bond acceptors (Lipinski definition) is 5. The number of benzene rings is 2. The first-order valence-corrected chi connectivity index (χ1v) is 11.1. The van der Waals surface area contributed by atoms with Gasteiger partial charge in [-0.05, 0) is 49.0 Å². The van der Waals surface area contributed by atoms with Crippen molar-refractivity contribution in [2.24, 2.45) is 0 Å². The van der Waals surface area contributed by atoms with Crippen LogP contribution >= 0.6 is 23.4 Å². The molecule has 1 fully saturated rings. The number of fused-ring (bicyclic) bond motifs is 1. The van der Waals surface area contributed by atoms with Crippen LogP contribution in [0.5, 0.6) is 5.75 Å². The predicted octanol–water partition coefficient (Wildman–Crippen LogP) is 5.00. The van der Waals surface area contributed by atoms with E-state index < -0.39 is 17.1 Å². The van der Waals surface area contributed by atoms with Crippen LogP contribution in [-0.4, -0.2) is 40.2 Å². The molecule has 0 unspecified atom stereocenters. The summed E-state index contributed by atoms with van der Waals surface area (Å²) in [6.45, 7) is 2.44. The zero-order valence-electron chi connectivity index (χ0n) is 17.4. The fraction of sp³-hybridized carbons (Fsp3) is 0.174. The number of carbonyl (C=O) groups excluding carboxylic acids is 3. The number of imide groups is 1. The van der Waals surface area contributed by atoms with Gasteiger partial charge in [0.1, 0.15) is 12.3 Å². The number of ether oxygens (including phenoxy) is 1. The van der Waals surface area contributed by atoms with Crippen molar-refractivity contribution >= 4 is 63.1 Å². The lowest BCUT2D eigenvalue weighted by atomic mass is 10.1. The number of halogens is 1. The lowest BCUT2D eigenvalue weighted by Gasteiger charge is -2.13. The molecule has 2 heterocycles. The Morgan fingerprint density at radius 1 is 1.22 bits per heavy atom. The van der Waals surface area contributed by atoms with E-state index in [9.17, 15) is 14.4 Å². The molecule has 0 radical (unpaired) electrons. The minimum Gasteiger partial charge on any atom is -0.495 e. The van der Waals surface area contributed by atoms with Crippen LogP contribution in [0.3, 0.4) is 0 Å². The third-order valence-corrected chi connectivity index (χ3v) is 6.26. The lowest BCUT2D eigenvalue weighted by molar-refractivity contribution is -0.127. The van der Waals surface area contributed by atoms with E-state index in [1.54, 1.807) is 18.2 Å². The van der Waals surface area contributed by atoms with Gasteiger partial charge >= 0.3 is 0 Å². The molecular weight excluding hydrogens is 450 g/mol. The number of rotatable bonds is 6. The van der Waals surface area contributed by atoms with Gasteiger partial charge in [0.15, 0.2) is 0 Å². The van der Waals surface area contributed by atoms with E-state index in [0.29, 0.717) is 16.5 Å². The van der Waals surface area contributed by atoms with Crippen LogP contribution in [0, 0.1) is 0 Å². The normalized spacial score (nSPS) is 15.1. The molecule has 0 bridgehead atoms. The summed E-state index contributed by atoms with van der Waals surface area (Å²) in [6.07, 6.45) is 3.67. The Bertz CT molecular complexity index is 1270. The molecule has 3 aromatic rings. The van der Waals surface area contributed by atoms with Gasteiger partial charge in [-0.2, -0.15) is 0 Å². The van der Waals surface area contributed by atoms with Crippen molar-refractivity contribution in [2.45, 2.75) is 13.5 Å². The minimum absolute atomic E-state index is 0.286. The monoisotopic (exact) mass is 469 g/mol. The number of hydrogen-bond donors (Lipinski definition) is 1. The van der Waals surface area contributed by atoms with Crippen LogP contribution in [-0.2, 0) is 16.1 Å². The largest absolute Gasteiger partial charge is 0.495 e. The summed E-state index contributed by atoms with van der Waals surface area (Å²) in [5.74, 6) is -0.515. The maximum absolute atomic E-state index is 12.8. The Labute approximate surface area is 194 Å². The molecule has 9 heteroatoms. The molecule has 3 amide bonds. The zero-order chi connectivity index (χ0) is 22.8. The second-order valence-electron chi connectivity index (χ2n) is 7.05. The van der Waals surface area contributed by atoms with Crippen molar-refractivity contribution in [3.05, 3.63) is 64.2 Å². The first-order chi connectivity index (χ1) is 15.4. The zero-order valence-corrected chi connectivity index (χ0v) is 19.0. The Morgan fingerprint density at radius 2 is 2.00 bits per heavy atom. The van der Waals surface area contributed by atoms with Crippen molar-refractivity contribution < 1.29 is 19.1 Å². The second kappa shape index (κ2) is 9.10. The van der Waals surface area contributed by atoms with Crippen LogP contribution in [0.1, 0.15) is 12.5 Å². The van der Waals surface area contributed by atoms with Crippen molar-refractivity contribution in [3.8, 4) is 5.75 Å². The molecule has 7 nitrogen and oxygen atoms in total. The molecule has 0 spiro atoms. The molecule has 0 saturated carbocycles. The van der Waals surface area contributed by atoms with Crippen molar-refractivity contribution in [2.75, 3.05) is 19.0 Å². The molecular formula is C23H20ClN3O4S. The van der Waals surface area contributed by atoms with Crippen molar-refractivity contribution in [3.63, 3.8) is 0 Å². The molecule has 4 rings (SSSR count). The highest BCUT2D eigenvalue weighted by atomic mass is 35.5. The van der Waals surface area contributed by atoms with E-state index in [1.807, 2.05) is 37.4 Å². The molecule has 0 atom stereocenters. The number of aryl methyl sites for hydroxylation is 1. The van der Waals surface area contributed by atoms with E-state index in [-0.39, 0.29) is 11.4 Å². The highest BCUT2D eigenvalue weighted by Gasteiger charge is 2.36. The number of aromatic nitrogens is 1. The first-order valence-electron chi connectivity index (χ1n) is 9.88. The number of thioether (sulfide) groups is 1. The number of amides is 3. The Hall–Kier alpha value is -3.23. The summed E-state index contributed by atoms with van der Waals surface area (Å²) in [6, 6.07) is 12.7. The van der Waals surface area contributed by atoms with Gasteiger partial charge in [0, 0.05) is 34.9 Å². The number of anilines is 1. The van der Waals surface area contributed by atoms with E-state index in [1.165, 1.54) is 13.2 Å². The Morgan fingerprint density at radius 3 is 2.72 bits per heavy atom.